The number of aliphatic hydroxyl groups is 1. The molecule has 1 saturated heterocycles. The molecule has 0 aromatic rings. The molecule has 2 unspecified atom stereocenters. The predicted molar refractivity (Wildman–Crippen MR) is 67.7 cm³/mol. The molecule has 1 saturated carbocycles. The molecule has 4 heteroatoms. The number of aliphatic hydroxyl groups excluding tert-OH is 1. The minimum absolute atomic E-state index is 0.0232. The Morgan fingerprint density at radius 1 is 1.06 bits per heavy atom. The summed E-state index contributed by atoms with van der Waals surface area (Å²) in [5.41, 5.74) is 0. The van der Waals surface area contributed by atoms with Crippen molar-refractivity contribution in [2.75, 3.05) is 13.2 Å². The number of carbonyl (C=O) groups excluding carboxylic acids is 2. The molecule has 2 aliphatic rings. The van der Waals surface area contributed by atoms with Gasteiger partial charge in [-0.1, -0.05) is 19.8 Å². The Morgan fingerprint density at radius 2 is 1.61 bits per heavy atom. The Balaban J connectivity index is 1.80. The lowest BCUT2D eigenvalue weighted by Crippen LogP contribution is -2.33. The molecule has 4 nitrogen and oxygen atoms in total. The third-order valence-electron chi connectivity index (χ3n) is 4.25. The van der Waals surface area contributed by atoms with Crippen LogP contribution in [-0.4, -0.2) is 35.0 Å². The number of amides is 2. The smallest absolute Gasteiger partial charge is 0.233 e. The number of carbonyl (C=O) groups is 2. The molecule has 1 aliphatic carbocycles. The molecule has 1 heterocycles. The summed E-state index contributed by atoms with van der Waals surface area (Å²) in [6.07, 6.45) is 5.39. The normalized spacial score (nSPS) is 31.2. The fourth-order valence-electron chi connectivity index (χ4n) is 3.30. The van der Waals surface area contributed by atoms with Gasteiger partial charge in [-0.3, -0.25) is 14.5 Å². The van der Waals surface area contributed by atoms with E-state index in [2.05, 4.69) is 6.92 Å². The Morgan fingerprint density at radius 3 is 2.17 bits per heavy atom. The molecule has 2 fully saturated rings. The average Bonchev–Trinajstić information content (AvgIpc) is 2.82. The Labute approximate surface area is 108 Å². The van der Waals surface area contributed by atoms with Gasteiger partial charge >= 0.3 is 0 Å². The molecule has 0 aromatic heterocycles. The topological polar surface area (TPSA) is 57.6 Å². The van der Waals surface area contributed by atoms with Crippen molar-refractivity contribution in [1.29, 1.82) is 0 Å². The Hall–Kier alpha value is -0.900. The summed E-state index contributed by atoms with van der Waals surface area (Å²) in [4.78, 5) is 25.7. The summed E-state index contributed by atoms with van der Waals surface area (Å²) in [6.45, 7) is 2.92. The van der Waals surface area contributed by atoms with Gasteiger partial charge < -0.3 is 5.11 Å². The summed E-state index contributed by atoms with van der Waals surface area (Å²) in [5.74, 6) is 0.600. The van der Waals surface area contributed by atoms with E-state index >= 15 is 0 Å². The van der Waals surface area contributed by atoms with Crippen LogP contribution in [0.15, 0.2) is 0 Å². The first-order valence-electron chi connectivity index (χ1n) is 7.11. The maximum atomic E-state index is 12.1. The highest BCUT2D eigenvalue weighted by atomic mass is 16.3. The highest BCUT2D eigenvalue weighted by molar-refractivity contribution is 6.05. The lowest BCUT2D eigenvalue weighted by Gasteiger charge is -2.16. The number of nitrogens with zero attached hydrogens (tertiary/aromatic N) is 1. The van der Waals surface area contributed by atoms with Gasteiger partial charge in [-0.05, 0) is 31.6 Å². The highest BCUT2D eigenvalue weighted by Gasteiger charge is 2.51. The number of hydrogen-bond acceptors (Lipinski definition) is 3. The second-order valence-electron chi connectivity index (χ2n) is 5.76. The number of imide groups is 1. The molecule has 1 aliphatic heterocycles. The van der Waals surface area contributed by atoms with E-state index in [1.807, 2.05) is 0 Å². The largest absolute Gasteiger partial charge is 0.396 e. The molecule has 2 rings (SSSR count). The average molecular weight is 253 g/mol. The van der Waals surface area contributed by atoms with E-state index in [9.17, 15) is 9.59 Å². The van der Waals surface area contributed by atoms with Crippen molar-refractivity contribution < 1.29 is 14.7 Å². The van der Waals surface area contributed by atoms with Crippen molar-refractivity contribution in [3.05, 3.63) is 0 Å². The van der Waals surface area contributed by atoms with E-state index in [4.69, 9.17) is 5.11 Å². The molecule has 0 spiro atoms. The summed E-state index contributed by atoms with van der Waals surface area (Å²) in [5, 5.41) is 8.68. The zero-order valence-corrected chi connectivity index (χ0v) is 11.1. The van der Waals surface area contributed by atoms with Crippen LogP contribution in [0.5, 0.6) is 0 Å². The van der Waals surface area contributed by atoms with E-state index in [1.54, 1.807) is 0 Å². The van der Waals surface area contributed by atoms with Gasteiger partial charge in [0.1, 0.15) is 0 Å². The van der Waals surface area contributed by atoms with Gasteiger partial charge in [-0.15, -0.1) is 0 Å². The first-order valence-corrected chi connectivity index (χ1v) is 7.11. The van der Waals surface area contributed by atoms with Crippen molar-refractivity contribution in [2.45, 2.75) is 45.4 Å². The summed E-state index contributed by atoms with van der Waals surface area (Å²) < 4.78 is 0. The van der Waals surface area contributed by atoms with Gasteiger partial charge in [0, 0.05) is 13.2 Å². The van der Waals surface area contributed by atoms with Crippen LogP contribution in [0.3, 0.4) is 0 Å². The molecule has 0 radical (unpaired) electrons. The van der Waals surface area contributed by atoms with Crippen LogP contribution >= 0.6 is 0 Å². The molecular weight excluding hydrogens is 230 g/mol. The number of unbranched alkanes of at least 4 members (excludes halogenated alkanes) is 3. The predicted octanol–water partition coefficient (Wildman–Crippen LogP) is 1.57. The van der Waals surface area contributed by atoms with Gasteiger partial charge in [-0.25, -0.2) is 0 Å². The van der Waals surface area contributed by atoms with Gasteiger partial charge in [0.15, 0.2) is 0 Å². The summed E-state index contributed by atoms with van der Waals surface area (Å²) in [7, 11) is 0. The van der Waals surface area contributed by atoms with Gasteiger partial charge in [-0.2, -0.15) is 0 Å². The third-order valence-corrected chi connectivity index (χ3v) is 4.25. The third kappa shape index (κ3) is 2.58. The van der Waals surface area contributed by atoms with Crippen LogP contribution in [-0.2, 0) is 9.59 Å². The summed E-state index contributed by atoms with van der Waals surface area (Å²) >= 11 is 0. The fraction of sp³-hybridized carbons (Fsp3) is 0.857. The molecule has 0 bridgehead atoms. The molecule has 0 aromatic carbocycles. The van der Waals surface area contributed by atoms with E-state index in [-0.39, 0.29) is 30.3 Å². The monoisotopic (exact) mass is 253 g/mol. The lowest BCUT2D eigenvalue weighted by molar-refractivity contribution is -0.140. The van der Waals surface area contributed by atoms with Crippen molar-refractivity contribution >= 4 is 11.8 Å². The first kappa shape index (κ1) is 13.5. The lowest BCUT2D eigenvalue weighted by atomic mass is 10.00. The van der Waals surface area contributed by atoms with Crippen LogP contribution in [0.25, 0.3) is 0 Å². The molecule has 2 amide bonds. The zero-order chi connectivity index (χ0) is 13.1. The van der Waals surface area contributed by atoms with Gasteiger partial charge in [0.25, 0.3) is 0 Å². The number of likely N-dealkylation sites (tertiary alicyclic amines) is 1. The van der Waals surface area contributed by atoms with E-state index in [1.165, 1.54) is 4.90 Å². The minimum atomic E-state index is -0.0232. The van der Waals surface area contributed by atoms with Gasteiger partial charge in [0.2, 0.25) is 11.8 Å². The second-order valence-corrected chi connectivity index (χ2v) is 5.76. The van der Waals surface area contributed by atoms with Crippen molar-refractivity contribution in [3.63, 3.8) is 0 Å². The standard InChI is InChI=1S/C14H23NO3/c1-10-8-11-12(9-10)14(18)15(13(11)17)6-4-2-3-5-7-16/h10-12,16H,2-9H2,1H3. The second kappa shape index (κ2) is 5.83. The van der Waals surface area contributed by atoms with Crippen molar-refractivity contribution in [1.82, 2.24) is 4.90 Å². The molecule has 1 N–H and O–H groups in total. The SMILES string of the molecule is CC1CC2C(=O)N(CCCCCCO)C(=O)C2C1. The van der Waals surface area contributed by atoms with Crippen LogP contribution < -0.4 is 0 Å². The molecule has 2 atom stereocenters. The van der Waals surface area contributed by atoms with Crippen molar-refractivity contribution in [2.24, 2.45) is 17.8 Å². The van der Waals surface area contributed by atoms with Crippen LogP contribution in [0.1, 0.15) is 45.4 Å². The van der Waals surface area contributed by atoms with Crippen LogP contribution in [0, 0.1) is 17.8 Å². The maximum absolute atomic E-state index is 12.1. The Bertz CT molecular complexity index is 305. The zero-order valence-electron chi connectivity index (χ0n) is 11.1. The highest BCUT2D eigenvalue weighted by Crippen LogP contribution is 2.42. The van der Waals surface area contributed by atoms with E-state index < -0.39 is 0 Å². The number of hydrogen-bond donors (Lipinski definition) is 1. The quantitative estimate of drug-likeness (QED) is 0.577. The molecule has 18 heavy (non-hydrogen) atoms. The van der Waals surface area contributed by atoms with Crippen LogP contribution in [0.2, 0.25) is 0 Å². The maximum Gasteiger partial charge on any atom is 0.233 e. The number of rotatable bonds is 6. The van der Waals surface area contributed by atoms with E-state index in [0.717, 1.165) is 38.5 Å². The Kier molecular flexibility index (Phi) is 4.38. The van der Waals surface area contributed by atoms with E-state index in [0.29, 0.717) is 12.5 Å². The summed E-state index contributed by atoms with van der Waals surface area (Å²) in [6, 6.07) is 0. The van der Waals surface area contributed by atoms with Crippen LogP contribution in [0.4, 0.5) is 0 Å². The first-order chi connectivity index (χ1) is 8.65. The van der Waals surface area contributed by atoms with Gasteiger partial charge in [0.05, 0.1) is 11.8 Å². The molecule has 102 valence electrons. The number of fused-ring (bicyclic) bond motifs is 1. The van der Waals surface area contributed by atoms with Crippen molar-refractivity contribution in [3.8, 4) is 0 Å². The molecular formula is C14H23NO3. The minimum Gasteiger partial charge on any atom is -0.396 e. The fourth-order valence-corrected chi connectivity index (χ4v) is 3.30.